The first-order chi connectivity index (χ1) is 16.0. The third-order valence-corrected chi connectivity index (χ3v) is 5.69. The number of nitrogens with zero attached hydrogens (tertiary/aromatic N) is 5. The molecule has 0 spiro atoms. The summed E-state index contributed by atoms with van der Waals surface area (Å²) < 4.78 is 21.4. The number of rotatable bonds is 7. The van der Waals surface area contributed by atoms with E-state index >= 15 is 0 Å². The molecule has 2 aliphatic rings. The molecule has 0 radical (unpaired) electrons. The van der Waals surface area contributed by atoms with E-state index < -0.39 is 12.4 Å². The van der Waals surface area contributed by atoms with Crippen LogP contribution in [0.1, 0.15) is 19.8 Å². The van der Waals surface area contributed by atoms with Crippen LogP contribution in [0.15, 0.2) is 67.1 Å². The van der Waals surface area contributed by atoms with E-state index in [1.165, 1.54) is 11.1 Å². The van der Waals surface area contributed by atoms with E-state index in [-0.39, 0.29) is 5.91 Å². The van der Waals surface area contributed by atoms with Crippen LogP contribution in [-0.2, 0) is 4.79 Å². The Bertz CT molecular complexity index is 1220. The van der Waals surface area contributed by atoms with Crippen molar-refractivity contribution < 1.29 is 13.9 Å². The summed E-state index contributed by atoms with van der Waals surface area (Å²) in [6.45, 7) is 6.04. The number of ether oxygens (including phenoxy) is 1. The number of anilines is 1. The predicted octanol–water partition coefficient (Wildman–Crippen LogP) is 2.94. The summed E-state index contributed by atoms with van der Waals surface area (Å²) in [7, 11) is 0. The second-order valence-electron chi connectivity index (χ2n) is 7.88. The van der Waals surface area contributed by atoms with E-state index in [1.807, 2.05) is 42.2 Å². The van der Waals surface area contributed by atoms with E-state index in [9.17, 15) is 9.18 Å². The Morgan fingerprint density at radius 2 is 2.06 bits per heavy atom. The molecule has 10 heteroatoms. The van der Waals surface area contributed by atoms with Crippen LogP contribution in [0, 0.1) is 0 Å². The molecule has 0 aliphatic carbocycles. The van der Waals surface area contributed by atoms with Gasteiger partial charge in [-0.15, -0.1) is 10.6 Å². The number of carbonyl (C=O) groups excluding carboxylic acids is 1. The third-order valence-electron chi connectivity index (χ3n) is 5.69. The van der Waals surface area contributed by atoms with Crippen molar-refractivity contribution in [1.82, 2.24) is 30.6 Å². The number of benzene rings is 1. The number of hydrazine groups is 2. The number of carbonyl (C=O) groups is 1. The maximum atomic E-state index is 13.8. The molecule has 170 valence electrons. The van der Waals surface area contributed by atoms with Gasteiger partial charge in [0, 0.05) is 36.5 Å². The Hall–Kier alpha value is -3.92. The molecule has 1 saturated heterocycles. The average Bonchev–Trinajstić information content (AvgIpc) is 3.58. The number of hydrogen-bond acceptors (Lipinski definition) is 7. The number of imidazole rings is 1. The monoisotopic (exact) mass is 449 g/mol. The fraction of sp³-hybridized carbons (Fsp3) is 0.261. The lowest BCUT2D eigenvalue weighted by Crippen LogP contribution is -2.41. The molecule has 1 aromatic carbocycles. The van der Waals surface area contributed by atoms with E-state index in [0.29, 0.717) is 23.6 Å². The maximum Gasteiger partial charge on any atom is 0.232 e. The van der Waals surface area contributed by atoms with Crippen molar-refractivity contribution in [2.24, 2.45) is 0 Å². The van der Waals surface area contributed by atoms with Crippen molar-refractivity contribution in [3.05, 3.63) is 67.1 Å². The largest absolute Gasteiger partial charge is 0.467 e. The molecule has 1 amide bonds. The van der Waals surface area contributed by atoms with E-state index in [2.05, 4.69) is 27.6 Å². The van der Waals surface area contributed by atoms with Gasteiger partial charge in [0.2, 0.25) is 18.1 Å². The van der Waals surface area contributed by atoms with Crippen molar-refractivity contribution >= 4 is 17.2 Å². The highest BCUT2D eigenvalue weighted by Gasteiger charge is 2.23. The predicted molar refractivity (Wildman–Crippen MR) is 121 cm³/mol. The van der Waals surface area contributed by atoms with Crippen molar-refractivity contribution in [1.29, 1.82) is 0 Å². The van der Waals surface area contributed by atoms with E-state index in [4.69, 9.17) is 4.74 Å². The van der Waals surface area contributed by atoms with Gasteiger partial charge in [0.05, 0.1) is 17.6 Å². The van der Waals surface area contributed by atoms with Gasteiger partial charge in [-0.1, -0.05) is 18.7 Å². The molecule has 4 heterocycles. The highest BCUT2D eigenvalue weighted by atomic mass is 19.1. The van der Waals surface area contributed by atoms with Crippen molar-refractivity contribution in [3.63, 3.8) is 0 Å². The van der Waals surface area contributed by atoms with Gasteiger partial charge >= 0.3 is 0 Å². The zero-order valence-electron chi connectivity index (χ0n) is 18.1. The van der Waals surface area contributed by atoms with Crippen molar-refractivity contribution in [2.75, 3.05) is 11.4 Å². The first-order valence-electron chi connectivity index (χ1n) is 10.7. The summed E-state index contributed by atoms with van der Waals surface area (Å²) >= 11 is 0. The van der Waals surface area contributed by atoms with Crippen LogP contribution in [0.3, 0.4) is 0 Å². The minimum atomic E-state index is -1.36. The standard InChI is InChI=1S/C23H24FN7O2/c1-3-20(24)30-14-18(26-28-30)15(2)33-22-11-10-21-25-13-19(31(21)27-22)16-6-8-17(9-7-16)29-12-4-5-23(29)32/h3,6-11,13-15,20,26,28H,1,4-5,12H2,2H3. The molecule has 3 aromatic rings. The van der Waals surface area contributed by atoms with Gasteiger partial charge in [0.25, 0.3) is 0 Å². The molecule has 2 N–H and O–H groups in total. The minimum absolute atomic E-state index is 0.159. The van der Waals surface area contributed by atoms with Crippen LogP contribution in [0.2, 0.25) is 0 Å². The summed E-state index contributed by atoms with van der Waals surface area (Å²) in [5, 5.41) is 5.85. The Morgan fingerprint density at radius 1 is 1.24 bits per heavy atom. The molecule has 2 aliphatic heterocycles. The highest BCUT2D eigenvalue weighted by molar-refractivity contribution is 5.95. The zero-order valence-corrected chi connectivity index (χ0v) is 18.1. The average molecular weight is 449 g/mol. The molecule has 9 nitrogen and oxygen atoms in total. The van der Waals surface area contributed by atoms with Crippen molar-refractivity contribution in [2.45, 2.75) is 32.2 Å². The lowest BCUT2D eigenvalue weighted by Gasteiger charge is -2.16. The normalized spacial score (nSPS) is 17.8. The second kappa shape index (κ2) is 8.55. The molecule has 33 heavy (non-hydrogen) atoms. The number of nitrogens with one attached hydrogen (secondary N) is 2. The van der Waals surface area contributed by atoms with Crippen LogP contribution in [0.4, 0.5) is 10.1 Å². The molecule has 2 aromatic heterocycles. The van der Waals surface area contributed by atoms with E-state index in [0.717, 1.165) is 29.9 Å². The zero-order chi connectivity index (χ0) is 22.9. The summed E-state index contributed by atoms with van der Waals surface area (Å²) in [4.78, 5) is 18.2. The number of fused-ring (bicyclic) bond motifs is 1. The first-order valence-corrected chi connectivity index (χ1v) is 10.7. The van der Waals surface area contributed by atoms with Gasteiger partial charge in [-0.05, 0) is 37.6 Å². The third kappa shape index (κ3) is 4.00. The number of alkyl halides is 1. The number of hydrogen-bond donors (Lipinski definition) is 2. The summed E-state index contributed by atoms with van der Waals surface area (Å²) in [6, 6.07) is 11.4. The molecule has 0 bridgehead atoms. The van der Waals surface area contributed by atoms with Gasteiger partial charge < -0.3 is 15.1 Å². The maximum absolute atomic E-state index is 13.8. The fourth-order valence-electron chi connectivity index (χ4n) is 3.89. The number of halogens is 1. The van der Waals surface area contributed by atoms with Gasteiger partial charge in [-0.2, -0.15) is 0 Å². The molecular weight excluding hydrogens is 425 g/mol. The molecule has 1 fully saturated rings. The second-order valence-corrected chi connectivity index (χ2v) is 7.88. The first kappa shape index (κ1) is 21.0. The molecule has 2 unspecified atom stereocenters. The smallest absolute Gasteiger partial charge is 0.232 e. The molecule has 2 atom stereocenters. The molecule has 0 saturated carbocycles. The van der Waals surface area contributed by atoms with Crippen LogP contribution in [0.5, 0.6) is 5.88 Å². The van der Waals surface area contributed by atoms with Gasteiger partial charge in [-0.3, -0.25) is 9.80 Å². The topological polar surface area (TPSA) is 87.0 Å². The van der Waals surface area contributed by atoms with Gasteiger partial charge in [0.1, 0.15) is 6.10 Å². The Kier molecular flexibility index (Phi) is 5.43. The Labute approximate surface area is 190 Å². The summed E-state index contributed by atoms with van der Waals surface area (Å²) in [5.74, 6) is 0.557. The van der Waals surface area contributed by atoms with Gasteiger partial charge in [0.15, 0.2) is 5.65 Å². The van der Waals surface area contributed by atoms with Crippen LogP contribution in [0.25, 0.3) is 16.9 Å². The van der Waals surface area contributed by atoms with E-state index in [1.54, 1.807) is 23.0 Å². The highest BCUT2D eigenvalue weighted by Crippen LogP contribution is 2.27. The van der Waals surface area contributed by atoms with Gasteiger partial charge in [-0.25, -0.2) is 13.9 Å². The fourth-order valence-corrected chi connectivity index (χ4v) is 3.89. The summed E-state index contributed by atoms with van der Waals surface area (Å²) in [5.41, 5.74) is 9.56. The molecular formula is C23H24FN7O2. The quantitative estimate of drug-likeness (QED) is 0.424. The number of amides is 1. The summed E-state index contributed by atoms with van der Waals surface area (Å²) in [6.07, 6.45) is 4.25. The minimum Gasteiger partial charge on any atom is -0.467 e. The Morgan fingerprint density at radius 3 is 2.79 bits per heavy atom. The SMILES string of the molecule is C=CC(F)N1C=C(C(C)Oc2ccc3ncc(-c4ccc(N5CCCC5=O)cc4)n3n2)NN1. The lowest BCUT2D eigenvalue weighted by atomic mass is 10.1. The molecule has 5 rings (SSSR count). The Balaban J connectivity index is 1.36. The van der Waals surface area contributed by atoms with Crippen LogP contribution in [-0.4, -0.2) is 44.5 Å². The van der Waals surface area contributed by atoms with Crippen LogP contribution >= 0.6 is 0 Å². The lowest BCUT2D eigenvalue weighted by molar-refractivity contribution is -0.117. The van der Waals surface area contributed by atoms with Crippen molar-refractivity contribution in [3.8, 4) is 17.1 Å². The van der Waals surface area contributed by atoms with Crippen LogP contribution < -0.4 is 20.6 Å². The number of aromatic nitrogens is 3.